The summed E-state index contributed by atoms with van der Waals surface area (Å²) in [7, 11) is 0. The molecule has 0 radical (unpaired) electrons. The Morgan fingerprint density at radius 1 is 0.727 bits per heavy atom. The molecule has 0 aliphatic carbocycles. The summed E-state index contributed by atoms with van der Waals surface area (Å²) in [6, 6.07) is 10.2. The van der Waals surface area contributed by atoms with Crippen LogP contribution in [0.25, 0.3) is 33.3 Å². The zero-order valence-electron chi connectivity index (χ0n) is 12.6. The standard InChI is InChI=1S/C17H14N4S/c1-9-13-14(10(2)16-15(9)20-22-21-16)19-17(11(3)18-13)12-7-5-4-6-8-12/h4-8H,1-3H3. The minimum absolute atomic E-state index is 0.919. The molecule has 2 aromatic heterocycles. The number of aryl methyl sites for hydroxylation is 3. The summed E-state index contributed by atoms with van der Waals surface area (Å²) in [5.41, 5.74) is 8.78. The molecule has 0 unspecified atom stereocenters. The fourth-order valence-corrected chi connectivity index (χ4v) is 3.47. The van der Waals surface area contributed by atoms with Crippen molar-refractivity contribution >= 4 is 33.8 Å². The summed E-state index contributed by atoms with van der Waals surface area (Å²) >= 11 is 1.24. The van der Waals surface area contributed by atoms with Gasteiger partial charge in [-0.15, -0.1) is 0 Å². The predicted molar refractivity (Wildman–Crippen MR) is 90.2 cm³/mol. The largest absolute Gasteiger partial charge is 0.249 e. The van der Waals surface area contributed by atoms with Crippen LogP contribution in [0.3, 0.4) is 0 Å². The average molecular weight is 306 g/mol. The van der Waals surface area contributed by atoms with Crippen molar-refractivity contribution in [1.29, 1.82) is 0 Å². The molecule has 0 saturated heterocycles. The number of hydrogen-bond acceptors (Lipinski definition) is 5. The monoisotopic (exact) mass is 306 g/mol. The molecule has 0 saturated carbocycles. The van der Waals surface area contributed by atoms with E-state index in [0.717, 1.165) is 50.1 Å². The van der Waals surface area contributed by atoms with Gasteiger partial charge in [0.2, 0.25) is 0 Å². The fraction of sp³-hybridized carbons (Fsp3) is 0.176. The molecule has 0 N–H and O–H groups in total. The van der Waals surface area contributed by atoms with E-state index in [1.165, 1.54) is 11.7 Å². The second-order valence-electron chi connectivity index (χ2n) is 5.43. The average Bonchev–Trinajstić information content (AvgIpc) is 3.03. The van der Waals surface area contributed by atoms with Crippen LogP contribution in [-0.4, -0.2) is 18.7 Å². The molecule has 0 bridgehead atoms. The molecule has 2 aromatic carbocycles. The van der Waals surface area contributed by atoms with Crippen LogP contribution in [0.15, 0.2) is 30.3 Å². The lowest BCUT2D eigenvalue weighted by Gasteiger charge is -2.10. The van der Waals surface area contributed by atoms with Gasteiger partial charge in [0.1, 0.15) is 11.0 Å². The van der Waals surface area contributed by atoms with Crippen LogP contribution < -0.4 is 0 Å². The van der Waals surface area contributed by atoms with E-state index >= 15 is 0 Å². The quantitative estimate of drug-likeness (QED) is 0.528. The van der Waals surface area contributed by atoms with Crippen molar-refractivity contribution in [1.82, 2.24) is 18.7 Å². The Labute approximate surface area is 132 Å². The lowest BCUT2D eigenvalue weighted by molar-refractivity contribution is 1.17. The van der Waals surface area contributed by atoms with Crippen LogP contribution in [0.2, 0.25) is 0 Å². The number of hydrogen-bond donors (Lipinski definition) is 0. The van der Waals surface area contributed by atoms with Crippen molar-refractivity contribution in [2.75, 3.05) is 0 Å². The van der Waals surface area contributed by atoms with Gasteiger partial charge in [0, 0.05) is 16.7 Å². The lowest BCUT2D eigenvalue weighted by Crippen LogP contribution is -1.99. The second kappa shape index (κ2) is 4.81. The highest BCUT2D eigenvalue weighted by molar-refractivity contribution is 7.00. The second-order valence-corrected chi connectivity index (χ2v) is 5.96. The van der Waals surface area contributed by atoms with Crippen LogP contribution >= 0.6 is 11.7 Å². The topological polar surface area (TPSA) is 51.6 Å². The molecule has 4 rings (SSSR count). The maximum absolute atomic E-state index is 4.91. The number of fused-ring (bicyclic) bond motifs is 2. The van der Waals surface area contributed by atoms with E-state index in [-0.39, 0.29) is 0 Å². The molecule has 0 amide bonds. The first-order valence-corrected chi connectivity index (χ1v) is 7.85. The van der Waals surface area contributed by atoms with Gasteiger partial charge in [-0.25, -0.2) is 9.97 Å². The first-order valence-electron chi connectivity index (χ1n) is 7.12. The molecule has 22 heavy (non-hydrogen) atoms. The first-order chi connectivity index (χ1) is 10.7. The van der Waals surface area contributed by atoms with Gasteiger partial charge in [0.15, 0.2) is 0 Å². The lowest BCUT2D eigenvalue weighted by atomic mass is 10.0. The maximum atomic E-state index is 4.91. The Bertz CT molecular complexity index is 1010. The van der Waals surface area contributed by atoms with Crippen LogP contribution in [0.4, 0.5) is 0 Å². The Morgan fingerprint density at radius 2 is 1.32 bits per heavy atom. The summed E-state index contributed by atoms with van der Waals surface area (Å²) in [4.78, 5) is 9.73. The normalized spacial score (nSPS) is 11.4. The Hall–Kier alpha value is -2.40. The molecule has 108 valence electrons. The zero-order chi connectivity index (χ0) is 15.3. The van der Waals surface area contributed by atoms with E-state index in [0.29, 0.717) is 0 Å². The van der Waals surface area contributed by atoms with E-state index < -0.39 is 0 Å². The minimum atomic E-state index is 0.919. The van der Waals surface area contributed by atoms with Crippen LogP contribution in [0.5, 0.6) is 0 Å². The number of rotatable bonds is 1. The summed E-state index contributed by atoms with van der Waals surface area (Å²) in [5.74, 6) is 0. The van der Waals surface area contributed by atoms with Crippen LogP contribution in [0.1, 0.15) is 16.8 Å². The molecule has 4 aromatic rings. The fourth-order valence-electron chi connectivity index (χ4n) is 2.82. The first kappa shape index (κ1) is 13.3. The number of nitrogens with zero attached hydrogens (tertiary/aromatic N) is 4. The Kier molecular flexibility index (Phi) is 2.90. The minimum Gasteiger partial charge on any atom is -0.249 e. The Balaban J connectivity index is 2.13. The van der Waals surface area contributed by atoms with Crippen molar-refractivity contribution < 1.29 is 0 Å². The summed E-state index contributed by atoms with van der Waals surface area (Å²) in [6.07, 6.45) is 0. The Morgan fingerprint density at radius 3 is 1.95 bits per heavy atom. The van der Waals surface area contributed by atoms with Gasteiger partial charge in [0.25, 0.3) is 0 Å². The summed E-state index contributed by atoms with van der Waals surface area (Å²) in [5, 5.41) is 0. The number of benzene rings is 2. The van der Waals surface area contributed by atoms with Crippen molar-refractivity contribution in [3.8, 4) is 11.3 Å². The smallest absolute Gasteiger partial charge is 0.110 e. The van der Waals surface area contributed by atoms with Gasteiger partial charge in [-0.05, 0) is 20.8 Å². The van der Waals surface area contributed by atoms with Gasteiger partial charge in [-0.1, -0.05) is 30.3 Å². The molecule has 0 spiro atoms. The molecule has 5 heteroatoms. The third-order valence-corrected chi connectivity index (χ3v) is 4.56. The molecule has 0 atom stereocenters. The molecule has 0 aliphatic heterocycles. The van der Waals surface area contributed by atoms with Crippen molar-refractivity contribution in [3.05, 3.63) is 47.2 Å². The van der Waals surface area contributed by atoms with Gasteiger partial charge in [-0.2, -0.15) is 8.75 Å². The van der Waals surface area contributed by atoms with E-state index in [2.05, 4.69) is 20.9 Å². The highest BCUT2D eigenvalue weighted by Gasteiger charge is 2.16. The SMILES string of the molecule is Cc1nc2c(C)c3nsnc3c(C)c2nc1-c1ccccc1. The summed E-state index contributed by atoms with van der Waals surface area (Å²) in [6.45, 7) is 6.10. The van der Waals surface area contributed by atoms with Gasteiger partial charge >= 0.3 is 0 Å². The van der Waals surface area contributed by atoms with Crippen molar-refractivity contribution in [3.63, 3.8) is 0 Å². The molecule has 4 nitrogen and oxygen atoms in total. The van der Waals surface area contributed by atoms with E-state index in [1.54, 1.807) is 0 Å². The molecule has 0 aliphatic rings. The molecule has 2 heterocycles. The zero-order valence-corrected chi connectivity index (χ0v) is 13.4. The van der Waals surface area contributed by atoms with E-state index in [9.17, 15) is 0 Å². The highest BCUT2D eigenvalue weighted by atomic mass is 32.1. The van der Waals surface area contributed by atoms with Gasteiger partial charge < -0.3 is 0 Å². The predicted octanol–water partition coefficient (Wildman–Crippen LogP) is 4.23. The number of aromatic nitrogens is 4. The third-order valence-electron chi connectivity index (χ3n) is 4.03. The van der Waals surface area contributed by atoms with E-state index in [1.807, 2.05) is 39.0 Å². The summed E-state index contributed by atoms with van der Waals surface area (Å²) < 4.78 is 8.82. The molecular weight excluding hydrogens is 292 g/mol. The van der Waals surface area contributed by atoms with Crippen LogP contribution in [-0.2, 0) is 0 Å². The van der Waals surface area contributed by atoms with E-state index in [4.69, 9.17) is 9.97 Å². The maximum Gasteiger partial charge on any atom is 0.110 e. The van der Waals surface area contributed by atoms with Crippen molar-refractivity contribution in [2.24, 2.45) is 0 Å². The van der Waals surface area contributed by atoms with Crippen molar-refractivity contribution in [2.45, 2.75) is 20.8 Å². The van der Waals surface area contributed by atoms with Gasteiger partial charge in [0.05, 0.1) is 34.1 Å². The highest BCUT2D eigenvalue weighted by Crippen LogP contribution is 2.31. The molecule has 0 fully saturated rings. The van der Waals surface area contributed by atoms with Crippen LogP contribution in [0, 0.1) is 20.8 Å². The third kappa shape index (κ3) is 1.82. The van der Waals surface area contributed by atoms with Gasteiger partial charge in [-0.3, -0.25) is 0 Å². The molecular formula is C17H14N4S.